The van der Waals surface area contributed by atoms with Crippen molar-refractivity contribution in [3.63, 3.8) is 0 Å². The second kappa shape index (κ2) is 7.54. The van der Waals surface area contributed by atoms with Gasteiger partial charge in [-0.05, 0) is 31.5 Å². The van der Waals surface area contributed by atoms with Crippen LogP contribution in [-0.4, -0.2) is 45.5 Å². The number of carboxylic acids is 1. The van der Waals surface area contributed by atoms with Gasteiger partial charge in [-0.1, -0.05) is 12.1 Å². The Morgan fingerprint density at radius 2 is 1.92 bits per heavy atom. The number of aromatic carboxylic acids is 1. The fourth-order valence-corrected chi connectivity index (χ4v) is 2.37. The maximum atomic E-state index is 12.7. The Hall–Kier alpha value is -2.96. The van der Waals surface area contributed by atoms with Crippen molar-refractivity contribution in [1.82, 2.24) is 14.9 Å². The van der Waals surface area contributed by atoms with Gasteiger partial charge in [0.25, 0.3) is 5.91 Å². The van der Waals surface area contributed by atoms with Gasteiger partial charge in [0.05, 0.1) is 25.5 Å². The van der Waals surface area contributed by atoms with Gasteiger partial charge in [0.15, 0.2) is 5.69 Å². The first kappa shape index (κ1) is 17.4. The van der Waals surface area contributed by atoms with Crippen LogP contribution >= 0.6 is 0 Å². The summed E-state index contributed by atoms with van der Waals surface area (Å²) in [4.78, 5) is 32.8. The number of carbonyl (C=O) groups is 2. The van der Waals surface area contributed by atoms with Crippen molar-refractivity contribution in [3.8, 4) is 5.75 Å². The van der Waals surface area contributed by atoms with Crippen molar-refractivity contribution in [1.29, 1.82) is 0 Å². The molecule has 2 aromatic rings. The molecule has 1 unspecified atom stereocenters. The topological polar surface area (TPSA) is 92.6 Å². The van der Waals surface area contributed by atoms with E-state index in [9.17, 15) is 9.59 Å². The second-order valence-corrected chi connectivity index (χ2v) is 5.14. The summed E-state index contributed by atoms with van der Waals surface area (Å²) in [5.41, 5.74) is 0.840. The van der Waals surface area contributed by atoms with Crippen LogP contribution in [-0.2, 0) is 0 Å². The van der Waals surface area contributed by atoms with E-state index in [0.717, 1.165) is 11.8 Å². The zero-order valence-corrected chi connectivity index (χ0v) is 13.8. The maximum absolute atomic E-state index is 12.7. The summed E-state index contributed by atoms with van der Waals surface area (Å²) in [5.74, 6) is -0.774. The molecule has 0 fully saturated rings. The Morgan fingerprint density at radius 1 is 1.25 bits per heavy atom. The van der Waals surface area contributed by atoms with Crippen LogP contribution in [0.1, 0.15) is 46.4 Å². The molecule has 24 heavy (non-hydrogen) atoms. The maximum Gasteiger partial charge on any atom is 0.356 e. The molecular formula is C17H19N3O4. The molecule has 7 nitrogen and oxygen atoms in total. The zero-order valence-electron chi connectivity index (χ0n) is 13.8. The number of carboxylic acid groups (broad SMARTS) is 1. The molecule has 2 rings (SSSR count). The summed E-state index contributed by atoms with van der Waals surface area (Å²) in [7, 11) is 1.59. The summed E-state index contributed by atoms with van der Waals surface area (Å²) in [6.07, 6.45) is 2.27. The van der Waals surface area contributed by atoms with Crippen LogP contribution < -0.4 is 4.74 Å². The van der Waals surface area contributed by atoms with Crippen molar-refractivity contribution in [2.45, 2.75) is 19.9 Å². The molecule has 0 aliphatic carbocycles. The second-order valence-electron chi connectivity index (χ2n) is 5.14. The number of nitrogens with zero attached hydrogens (tertiary/aromatic N) is 3. The molecule has 1 amide bonds. The Labute approximate surface area is 139 Å². The van der Waals surface area contributed by atoms with Gasteiger partial charge >= 0.3 is 5.97 Å². The van der Waals surface area contributed by atoms with E-state index < -0.39 is 5.97 Å². The molecule has 1 N–H and O–H groups in total. The van der Waals surface area contributed by atoms with Crippen molar-refractivity contribution in [2.75, 3.05) is 13.7 Å². The first-order chi connectivity index (χ1) is 11.5. The number of hydrogen-bond donors (Lipinski definition) is 1. The number of ether oxygens (including phenoxy) is 1. The number of hydrogen-bond acceptors (Lipinski definition) is 5. The van der Waals surface area contributed by atoms with Crippen LogP contribution in [0.2, 0.25) is 0 Å². The molecule has 1 atom stereocenters. The lowest BCUT2D eigenvalue weighted by Gasteiger charge is -2.28. The average molecular weight is 329 g/mol. The third kappa shape index (κ3) is 3.68. The highest BCUT2D eigenvalue weighted by Gasteiger charge is 2.23. The van der Waals surface area contributed by atoms with E-state index in [4.69, 9.17) is 9.84 Å². The SMILES string of the molecule is CCN(C(=O)c1cnc(C(=O)O)cn1)C(C)c1cccc(OC)c1. The number of benzene rings is 1. The Balaban J connectivity index is 2.25. The molecule has 0 saturated heterocycles. The minimum absolute atomic E-state index is 0.108. The predicted octanol–water partition coefficient (Wildman–Crippen LogP) is 2.41. The first-order valence-corrected chi connectivity index (χ1v) is 7.48. The highest BCUT2D eigenvalue weighted by molar-refractivity contribution is 5.93. The normalized spacial score (nSPS) is 11.6. The van der Waals surface area contributed by atoms with E-state index in [1.54, 1.807) is 12.0 Å². The molecule has 0 bridgehead atoms. The summed E-state index contributed by atoms with van der Waals surface area (Å²) in [6, 6.07) is 7.30. The largest absolute Gasteiger partial charge is 0.497 e. The molecule has 126 valence electrons. The van der Waals surface area contributed by atoms with E-state index in [1.165, 1.54) is 6.20 Å². The van der Waals surface area contributed by atoms with Crippen molar-refractivity contribution in [2.24, 2.45) is 0 Å². The quantitative estimate of drug-likeness (QED) is 0.875. The Bertz CT molecular complexity index is 731. The zero-order chi connectivity index (χ0) is 17.7. The molecular weight excluding hydrogens is 310 g/mol. The van der Waals surface area contributed by atoms with Gasteiger partial charge in [0.1, 0.15) is 11.4 Å². The molecule has 0 radical (unpaired) electrons. The number of aromatic nitrogens is 2. The molecule has 0 saturated carbocycles. The molecule has 7 heteroatoms. The smallest absolute Gasteiger partial charge is 0.356 e. The predicted molar refractivity (Wildman–Crippen MR) is 87.1 cm³/mol. The molecule has 0 spiro atoms. The van der Waals surface area contributed by atoms with Gasteiger partial charge in [0.2, 0.25) is 0 Å². The van der Waals surface area contributed by atoms with Crippen LogP contribution in [0.5, 0.6) is 5.75 Å². The first-order valence-electron chi connectivity index (χ1n) is 7.48. The van der Waals surface area contributed by atoms with Gasteiger partial charge < -0.3 is 14.7 Å². The van der Waals surface area contributed by atoms with Crippen LogP contribution in [0, 0.1) is 0 Å². The van der Waals surface area contributed by atoms with Crippen LogP contribution in [0.4, 0.5) is 0 Å². The van der Waals surface area contributed by atoms with Crippen molar-refractivity contribution in [3.05, 3.63) is 53.6 Å². The van der Waals surface area contributed by atoms with E-state index in [0.29, 0.717) is 12.3 Å². The lowest BCUT2D eigenvalue weighted by atomic mass is 10.1. The van der Waals surface area contributed by atoms with Gasteiger partial charge in [-0.3, -0.25) is 4.79 Å². The van der Waals surface area contributed by atoms with Gasteiger partial charge in [0, 0.05) is 6.54 Å². The third-order valence-corrected chi connectivity index (χ3v) is 3.74. The monoisotopic (exact) mass is 329 g/mol. The van der Waals surface area contributed by atoms with Crippen molar-refractivity contribution < 1.29 is 19.4 Å². The fraction of sp³-hybridized carbons (Fsp3) is 0.294. The average Bonchev–Trinajstić information content (AvgIpc) is 2.62. The standard InChI is InChI=1S/C17H19N3O4/c1-4-20(11(2)12-6-5-7-13(8-12)24-3)16(21)14-9-19-15(10-18-14)17(22)23/h5-11H,4H2,1-3H3,(H,22,23). The minimum atomic E-state index is -1.18. The number of carbonyl (C=O) groups excluding carboxylic acids is 1. The molecule has 1 heterocycles. The summed E-state index contributed by atoms with van der Waals surface area (Å²) >= 11 is 0. The summed E-state index contributed by atoms with van der Waals surface area (Å²) in [6.45, 7) is 4.25. The van der Waals surface area contributed by atoms with Gasteiger partial charge in [-0.2, -0.15) is 0 Å². The van der Waals surface area contributed by atoms with E-state index in [-0.39, 0.29) is 23.3 Å². The highest BCUT2D eigenvalue weighted by atomic mass is 16.5. The molecule has 1 aromatic carbocycles. The molecule has 0 aliphatic heterocycles. The number of methoxy groups -OCH3 is 1. The summed E-state index contributed by atoms with van der Waals surface area (Å²) < 4.78 is 5.22. The Morgan fingerprint density at radius 3 is 2.46 bits per heavy atom. The third-order valence-electron chi connectivity index (χ3n) is 3.74. The molecule has 1 aromatic heterocycles. The molecule has 0 aliphatic rings. The minimum Gasteiger partial charge on any atom is -0.497 e. The van der Waals surface area contributed by atoms with E-state index in [1.807, 2.05) is 38.1 Å². The lowest BCUT2D eigenvalue weighted by Crippen LogP contribution is -2.34. The summed E-state index contributed by atoms with van der Waals surface area (Å²) in [5, 5.41) is 8.85. The van der Waals surface area contributed by atoms with E-state index >= 15 is 0 Å². The van der Waals surface area contributed by atoms with Gasteiger partial charge in [-0.15, -0.1) is 0 Å². The van der Waals surface area contributed by atoms with Crippen LogP contribution in [0.25, 0.3) is 0 Å². The van der Waals surface area contributed by atoms with Crippen LogP contribution in [0.3, 0.4) is 0 Å². The van der Waals surface area contributed by atoms with Crippen molar-refractivity contribution >= 4 is 11.9 Å². The van der Waals surface area contributed by atoms with Gasteiger partial charge in [-0.25, -0.2) is 14.8 Å². The number of rotatable bonds is 6. The van der Waals surface area contributed by atoms with E-state index in [2.05, 4.69) is 9.97 Å². The van der Waals surface area contributed by atoms with Crippen LogP contribution in [0.15, 0.2) is 36.7 Å². The Kier molecular flexibility index (Phi) is 5.47. The number of amides is 1. The fourth-order valence-electron chi connectivity index (χ4n) is 2.37. The highest BCUT2D eigenvalue weighted by Crippen LogP contribution is 2.24. The lowest BCUT2D eigenvalue weighted by molar-refractivity contribution is 0.0675.